The molecule has 3 N–H and O–H groups in total. The largest absolute Gasteiger partial charge is 0.357 e. The second-order valence-corrected chi connectivity index (χ2v) is 8.05. The molecule has 10 nitrogen and oxygen atoms in total. The first-order valence-electron chi connectivity index (χ1n) is 10.7. The van der Waals surface area contributed by atoms with E-state index >= 15 is 0 Å². The predicted molar refractivity (Wildman–Crippen MR) is 121 cm³/mol. The maximum atomic E-state index is 13.5. The Balaban J connectivity index is 1.60. The van der Waals surface area contributed by atoms with Crippen LogP contribution in [0.4, 0.5) is 10.3 Å². The van der Waals surface area contributed by atoms with Gasteiger partial charge >= 0.3 is 0 Å². The van der Waals surface area contributed by atoms with Gasteiger partial charge in [0.1, 0.15) is 5.82 Å². The van der Waals surface area contributed by atoms with Crippen LogP contribution in [-0.4, -0.2) is 52.6 Å². The summed E-state index contributed by atoms with van der Waals surface area (Å²) in [6.07, 6.45) is 1.01. The van der Waals surface area contributed by atoms with Crippen molar-refractivity contribution in [3.05, 3.63) is 48.2 Å². The fourth-order valence-electron chi connectivity index (χ4n) is 3.47. The van der Waals surface area contributed by atoms with Crippen LogP contribution in [0.5, 0.6) is 0 Å². The van der Waals surface area contributed by atoms with E-state index < -0.39 is 11.7 Å². The van der Waals surface area contributed by atoms with Crippen LogP contribution in [0.2, 0.25) is 0 Å². The summed E-state index contributed by atoms with van der Waals surface area (Å²) in [4.78, 5) is 29.0. The molecule has 3 heterocycles. The molecule has 1 aliphatic rings. The summed E-state index contributed by atoms with van der Waals surface area (Å²) in [7, 11) is 1.72. The molecule has 2 aromatic heterocycles. The highest BCUT2D eigenvalue weighted by Crippen LogP contribution is 2.35. The number of nitriles is 1. The second kappa shape index (κ2) is 9.94. The molecule has 0 unspecified atom stereocenters. The molecule has 11 heteroatoms. The molecular formula is C23H24FN7O3. The number of hydrogen-bond donors (Lipinski definition) is 3. The second-order valence-electron chi connectivity index (χ2n) is 8.05. The molecule has 0 bridgehead atoms. The van der Waals surface area contributed by atoms with E-state index in [9.17, 15) is 9.18 Å². The van der Waals surface area contributed by atoms with Crippen LogP contribution in [0.25, 0.3) is 22.6 Å². The molecule has 1 aromatic carbocycles. The number of aromatic nitrogens is 4. The number of rotatable bonds is 7. The highest BCUT2D eigenvalue weighted by Gasteiger charge is 2.40. The topological polar surface area (TPSA) is 138 Å². The van der Waals surface area contributed by atoms with E-state index in [1.54, 1.807) is 38.4 Å². The van der Waals surface area contributed by atoms with Crippen molar-refractivity contribution < 1.29 is 18.7 Å². The Kier molecular flexibility index (Phi) is 6.81. The average molecular weight is 465 g/mol. The van der Waals surface area contributed by atoms with Gasteiger partial charge in [-0.15, -0.1) is 0 Å². The van der Waals surface area contributed by atoms with E-state index in [4.69, 9.17) is 14.7 Å². The lowest BCUT2D eigenvalue weighted by Gasteiger charge is -2.35. The molecule has 0 atom stereocenters. The number of benzene rings is 1. The van der Waals surface area contributed by atoms with Crippen molar-refractivity contribution in [2.75, 3.05) is 32.1 Å². The monoisotopic (exact) mass is 465 g/mol. The zero-order chi connectivity index (χ0) is 24.1. The van der Waals surface area contributed by atoms with Gasteiger partial charge in [0, 0.05) is 25.4 Å². The number of aromatic amines is 1. The number of halogens is 1. The van der Waals surface area contributed by atoms with Crippen LogP contribution in [0.15, 0.2) is 36.5 Å². The van der Waals surface area contributed by atoms with Gasteiger partial charge in [0.25, 0.3) is 0 Å². The Hall–Kier alpha value is -3.88. The fourth-order valence-corrected chi connectivity index (χ4v) is 3.47. The van der Waals surface area contributed by atoms with Crippen molar-refractivity contribution in [3.8, 4) is 28.7 Å². The first-order valence-corrected chi connectivity index (χ1v) is 10.7. The Morgan fingerprint density at radius 2 is 2.00 bits per heavy atom. The summed E-state index contributed by atoms with van der Waals surface area (Å²) in [5, 5.41) is 14.3. The highest BCUT2D eigenvalue weighted by molar-refractivity contribution is 5.82. The standard InChI is InChI=1S/C23H24FN7O3/c1-23(21(32)27-10-3-9-25)12-33-20(34-13-23)19-30-17(14-4-6-15(24)7-5-14)18(31-19)16-8-11-28-22(26-2)29-16/h4-8,11,20H,3,10,12-13H2,1-2H3,(H,27,32)(H,30,31)(H,26,28,29). The van der Waals surface area contributed by atoms with Gasteiger partial charge in [-0.05, 0) is 37.3 Å². The summed E-state index contributed by atoms with van der Waals surface area (Å²) >= 11 is 0. The molecule has 0 saturated carbocycles. The molecule has 34 heavy (non-hydrogen) atoms. The third-order valence-corrected chi connectivity index (χ3v) is 5.38. The quantitative estimate of drug-likeness (QED) is 0.453. The van der Waals surface area contributed by atoms with Crippen LogP contribution in [-0.2, 0) is 14.3 Å². The average Bonchev–Trinajstić information content (AvgIpc) is 3.30. The number of nitrogens with zero attached hydrogens (tertiary/aromatic N) is 4. The highest BCUT2D eigenvalue weighted by atomic mass is 19.1. The number of hydrogen-bond acceptors (Lipinski definition) is 8. The first kappa shape index (κ1) is 23.3. The predicted octanol–water partition coefficient (Wildman–Crippen LogP) is 2.80. The zero-order valence-corrected chi connectivity index (χ0v) is 18.8. The molecule has 0 radical (unpaired) electrons. The number of nitrogens with one attached hydrogen (secondary N) is 3. The summed E-state index contributed by atoms with van der Waals surface area (Å²) in [5.74, 6) is 0.230. The Morgan fingerprint density at radius 1 is 1.26 bits per heavy atom. The van der Waals surface area contributed by atoms with Crippen molar-refractivity contribution in [2.24, 2.45) is 5.41 Å². The van der Waals surface area contributed by atoms with E-state index in [2.05, 4.69) is 30.6 Å². The van der Waals surface area contributed by atoms with Crippen molar-refractivity contribution in [2.45, 2.75) is 19.6 Å². The van der Waals surface area contributed by atoms with Crippen molar-refractivity contribution in [3.63, 3.8) is 0 Å². The molecule has 3 aromatic rings. The van der Waals surface area contributed by atoms with Crippen LogP contribution >= 0.6 is 0 Å². The normalized spacial score (nSPS) is 19.9. The van der Waals surface area contributed by atoms with Crippen molar-refractivity contribution >= 4 is 11.9 Å². The summed E-state index contributed by atoms with van der Waals surface area (Å²) in [6.45, 7) is 2.22. The number of anilines is 1. The van der Waals surface area contributed by atoms with Gasteiger partial charge < -0.3 is 25.1 Å². The minimum absolute atomic E-state index is 0.107. The Morgan fingerprint density at radius 3 is 2.68 bits per heavy atom. The van der Waals surface area contributed by atoms with Gasteiger partial charge in [-0.2, -0.15) is 5.26 Å². The minimum atomic E-state index is -0.893. The molecule has 176 valence electrons. The van der Waals surface area contributed by atoms with E-state index in [1.807, 2.05) is 6.07 Å². The molecule has 1 amide bonds. The van der Waals surface area contributed by atoms with Crippen LogP contribution < -0.4 is 10.6 Å². The number of imidazole rings is 1. The van der Waals surface area contributed by atoms with Gasteiger partial charge in [0.05, 0.1) is 48.2 Å². The van der Waals surface area contributed by atoms with Gasteiger partial charge in [-0.1, -0.05) is 0 Å². The number of ether oxygens (including phenoxy) is 2. The molecule has 4 rings (SSSR count). The molecule has 0 aliphatic carbocycles. The smallest absolute Gasteiger partial charge is 0.230 e. The van der Waals surface area contributed by atoms with E-state index in [1.165, 1.54) is 12.1 Å². The van der Waals surface area contributed by atoms with Gasteiger partial charge in [-0.3, -0.25) is 4.79 Å². The van der Waals surface area contributed by atoms with Gasteiger partial charge in [-0.25, -0.2) is 19.3 Å². The molecule has 1 fully saturated rings. The van der Waals surface area contributed by atoms with Gasteiger partial charge in [0.15, 0.2) is 5.82 Å². The lowest BCUT2D eigenvalue weighted by molar-refractivity contribution is -0.231. The SMILES string of the molecule is CNc1nccc(-c2[nH]c(C3OCC(C)(C(=O)NCCC#N)CO3)nc2-c2ccc(F)cc2)n1. The third kappa shape index (κ3) is 4.88. The molecule has 1 aliphatic heterocycles. The molecular weight excluding hydrogens is 441 g/mol. The molecule has 0 spiro atoms. The van der Waals surface area contributed by atoms with Crippen molar-refractivity contribution in [1.82, 2.24) is 25.3 Å². The lowest BCUT2D eigenvalue weighted by Crippen LogP contribution is -2.48. The van der Waals surface area contributed by atoms with Gasteiger partial charge in [0.2, 0.25) is 18.1 Å². The van der Waals surface area contributed by atoms with E-state index in [-0.39, 0.29) is 37.9 Å². The number of amides is 1. The number of carbonyl (C=O) groups excluding carboxylic acids is 1. The van der Waals surface area contributed by atoms with Crippen LogP contribution in [0.1, 0.15) is 25.5 Å². The Labute approximate surface area is 195 Å². The van der Waals surface area contributed by atoms with Crippen LogP contribution in [0.3, 0.4) is 0 Å². The van der Waals surface area contributed by atoms with Crippen molar-refractivity contribution in [1.29, 1.82) is 5.26 Å². The maximum absolute atomic E-state index is 13.5. The number of H-pyrrole nitrogens is 1. The number of carbonyl (C=O) groups is 1. The van der Waals surface area contributed by atoms with Crippen LogP contribution in [0, 0.1) is 22.6 Å². The van der Waals surface area contributed by atoms with E-state index in [0.29, 0.717) is 34.4 Å². The summed E-state index contributed by atoms with van der Waals surface area (Å²) in [6, 6.07) is 9.69. The molecule has 1 saturated heterocycles. The lowest BCUT2D eigenvalue weighted by atomic mass is 9.91. The zero-order valence-electron chi connectivity index (χ0n) is 18.8. The Bertz CT molecular complexity index is 1200. The fraction of sp³-hybridized carbons (Fsp3) is 0.348. The maximum Gasteiger partial charge on any atom is 0.230 e. The third-order valence-electron chi connectivity index (χ3n) is 5.38. The summed E-state index contributed by atoms with van der Waals surface area (Å²) in [5.41, 5.74) is 1.51. The first-order chi connectivity index (χ1) is 16.4. The van der Waals surface area contributed by atoms with E-state index in [0.717, 1.165) is 0 Å². The minimum Gasteiger partial charge on any atom is -0.357 e. The summed E-state index contributed by atoms with van der Waals surface area (Å²) < 4.78 is 25.2.